The molecule has 24 heavy (non-hydrogen) atoms. The van der Waals surface area contributed by atoms with Gasteiger partial charge in [-0.3, -0.25) is 9.20 Å². The van der Waals surface area contributed by atoms with Gasteiger partial charge in [0.1, 0.15) is 17.3 Å². The van der Waals surface area contributed by atoms with E-state index < -0.39 is 5.91 Å². The number of nitrogens with zero attached hydrogens (tertiary/aromatic N) is 3. The number of carbonyl (C=O) groups excluding carboxylic acids is 1. The van der Waals surface area contributed by atoms with Gasteiger partial charge in [-0.25, -0.2) is 4.98 Å². The van der Waals surface area contributed by atoms with Gasteiger partial charge in [-0.2, -0.15) is 5.26 Å². The first-order chi connectivity index (χ1) is 11.7. The summed E-state index contributed by atoms with van der Waals surface area (Å²) in [5, 5.41) is 12.1. The van der Waals surface area contributed by atoms with Crippen LogP contribution in [-0.4, -0.2) is 15.3 Å². The van der Waals surface area contributed by atoms with Crippen LogP contribution >= 0.6 is 15.9 Å². The minimum absolute atomic E-state index is 0.0349. The Labute approximate surface area is 147 Å². The summed E-state index contributed by atoms with van der Waals surface area (Å²) in [6.45, 7) is 0.372. The van der Waals surface area contributed by atoms with Gasteiger partial charge in [0.15, 0.2) is 0 Å². The summed E-state index contributed by atoms with van der Waals surface area (Å²) in [6, 6.07) is 15.2. The molecule has 2 heterocycles. The Hall–Kier alpha value is -2.91. The maximum Gasteiger partial charge on any atom is 0.262 e. The third kappa shape index (κ3) is 3.53. The molecular weight excluding hydrogens is 368 g/mol. The van der Waals surface area contributed by atoms with E-state index in [1.54, 1.807) is 6.20 Å². The molecule has 1 aromatic carbocycles. The largest absolute Gasteiger partial charge is 0.347 e. The predicted molar refractivity (Wildman–Crippen MR) is 94.8 cm³/mol. The van der Waals surface area contributed by atoms with E-state index in [2.05, 4.69) is 26.2 Å². The van der Waals surface area contributed by atoms with Crippen LogP contribution in [0.1, 0.15) is 11.3 Å². The van der Waals surface area contributed by atoms with Crippen molar-refractivity contribution in [2.24, 2.45) is 0 Å². The lowest BCUT2D eigenvalue weighted by Gasteiger charge is -2.04. The van der Waals surface area contributed by atoms with Gasteiger partial charge in [-0.05, 0) is 39.7 Å². The molecule has 3 rings (SSSR count). The average Bonchev–Trinajstić information content (AvgIpc) is 3.00. The molecule has 0 saturated heterocycles. The summed E-state index contributed by atoms with van der Waals surface area (Å²) in [5.41, 5.74) is 2.42. The van der Waals surface area contributed by atoms with E-state index in [9.17, 15) is 10.1 Å². The number of nitrogens with one attached hydrogen (secondary N) is 1. The van der Waals surface area contributed by atoms with Gasteiger partial charge in [-0.1, -0.05) is 30.3 Å². The lowest BCUT2D eigenvalue weighted by atomic mass is 10.2. The normalized spacial score (nSPS) is 11.2. The SMILES string of the molecule is N#C/C(=C/c1cnc2ccc(Br)cn12)C(=O)NCc1ccccc1. The Morgan fingerprint density at radius 1 is 1.29 bits per heavy atom. The van der Waals surface area contributed by atoms with E-state index in [1.807, 2.05) is 59.1 Å². The summed E-state index contributed by atoms with van der Waals surface area (Å²) in [7, 11) is 0. The molecule has 3 aromatic rings. The Morgan fingerprint density at radius 2 is 2.08 bits per heavy atom. The molecule has 118 valence electrons. The van der Waals surface area contributed by atoms with Crippen LogP contribution in [-0.2, 0) is 11.3 Å². The molecule has 1 N–H and O–H groups in total. The molecule has 0 spiro atoms. The Morgan fingerprint density at radius 3 is 2.83 bits per heavy atom. The van der Waals surface area contributed by atoms with Crippen LogP contribution in [0.4, 0.5) is 0 Å². The maximum absolute atomic E-state index is 12.2. The average molecular weight is 381 g/mol. The van der Waals surface area contributed by atoms with Crippen LogP contribution < -0.4 is 5.32 Å². The maximum atomic E-state index is 12.2. The molecule has 0 fully saturated rings. The highest BCUT2D eigenvalue weighted by molar-refractivity contribution is 9.10. The molecule has 2 aromatic heterocycles. The van der Waals surface area contributed by atoms with Crippen molar-refractivity contribution in [2.45, 2.75) is 6.54 Å². The minimum Gasteiger partial charge on any atom is -0.347 e. The molecule has 0 bridgehead atoms. The van der Waals surface area contributed by atoms with E-state index in [1.165, 1.54) is 6.08 Å². The molecule has 0 atom stereocenters. The topological polar surface area (TPSA) is 70.2 Å². The molecule has 0 radical (unpaired) electrons. The molecule has 0 aliphatic carbocycles. The van der Waals surface area contributed by atoms with E-state index in [0.29, 0.717) is 12.2 Å². The van der Waals surface area contributed by atoms with Gasteiger partial charge in [0.25, 0.3) is 5.91 Å². The van der Waals surface area contributed by atoms with Crippen LogP contribution in [0.5, 0.6) is 0 Å². The predicted octanol–water partition coefficient (Wildman–Crippen LogP) is 3.32. The standard InChI is InChI=1S/C18H13BrN4O/c19-15-6-7-17-21-11-16(23(17)12-15)8-14(9-20)18(24)22-10-13-4-2-1-3-5-13/h1-8,11-12H,10H2,(H,22,24)/b14-8-. The Balaban J connectivity index is 1.82. The molecule has 0 aliphatic rings. The third-order valence-electron chi connectivity index (χ3n) is 3.45. The van der Waals surface area contributed by atoms with Crippen molar-refractivity contribution in [3.05, 3.63) is 76.2 Å². The van der Waals surface area contributed by atoms with Crippen LogP contribution in [0.15, 0.2) is 64.9 Å². The van der Waals surface area contributed by atoms with E-state index in [4.69, 9.17) is 0 Å². The number of hydrogen-bond acceptors (Lipinski definition) is 3. The number of amides is 1. The number of pyridine rings is 1. The second kappa shape index (κ2) is 7.11. The molecule has 0 saturated carbocycles. The molecule has 0 aliphatic heterocycles. The second-order valence-electron chi connectivity index (χ2n) is 5.10. The number of rotatable bonds is 4. The number of carbonyl (C=O) groups is 1. The fraction of sp³-hybridized carbons (Fsp3) is 0.0556. The van der Waals surface area contributed by atoms with Crippen molar-refractivity contribution in [2.75, 3.05) is 0 Å². The molecule has 1 amide bonds. The van der Waals surface area contributed by atoms with Gasteiger partial charge in [0.2, 0.25) is 0 Å². The van der Waals surface area contributed by atoms with Crippen LogP contribution in [0.2, 0.25) is 0 Å². The van der Waals surface area contributed by atoms with E-state index >= 15 is 0 Å². The van der Waals surface area contributed by atoms with Crippen LogP contribution in [0.3, 0.4) is 0 Å². The molecule has 5 nitrogen and oxygen atoms in total. The number of fused-ring (bicyclic) bond motifs is 1. The van der Waals surface area contributed by atoms with E-state index in [-0.39, 0.29) is 5.57 Å². The smallest absolute Gasteiger partial charge is 0.262 e. The minimum atomic E-state index is -0.411. The first kappa shape index (κ1) is 16.0. The van der Waals surface area contributed by atoms with Crippen molar-refractivity contribution >= 4 is 33.6 Å². The quantitative estimate of drug-likeness (QED) is 0.557. The summed E-state index contributed by atoms with van der Waals surface area (Å²) >= 11 is 3.40. The monoisotopic (exact) mass is 380 g/mol. The molecular formula is C18H13BrN4O. The highest BCUT2D eigenvalue weighted by Gasteiger charge is 2.10. The lowest BCUT2D eigenvalue weighted by molar-refractivity contribution is -0.117. The fourth-order valence-corrected chi connectivity index (χ4v) is 2.59. The third-order valence-corrected chi connectivity index (χ3v) is 3.92. The zero-order chi connectivity index (χ0) is 16.9. The van der Waals surface area contributed by atoms with Gasteiger partial charge in [0, 0.05) is 17.2 Å². The molecule has 6 heteroatoms. The van der Waals surface area contributed by atoms with Crippen LogP contribution in [0.25, 0.3) is 11.7 Å². The second-order valence-corrected chi connectivity index (χ2v) is 6.01. The van der Waals surface area contributed by atoms with Crippen molar-refractivity contribution < 1.29 is 4.79 Å². The van der Waals surface area contributed by atoms with Crippen molar-refractivity contribution in [3.8, 4) is 6.07 Å². The number of imidazole rings is 1. The van der Waals surface area contributed by atoms with Gasteiger partial charge in [0.05, 0.1) is 11.9 Å². The zero-order valence-corrected chi connectivity index (χ0v) is 14.2. The fourth-order valence-electron chi connectivity index (χ4n) is 2.25. The summed E-state index contributed by atoms with van der Waals surface area (Å²) < 4.78 is 2.70. The number of benzene rings is 1. The summed E-state index contributed by atoms with van der Waals surface area (Å²) in [6.07, 6.45) is 5.00. The van der Waals surface area contributed by atoms with Crippen molar-refractivity contribution in [1.82, 2.24) is 14.7 Å². The highest BCUT2D eigenvalue weighted by atomic mass is 79.9. The van der Waals surface area contributed by atoms with Gasteiger partial charge in [-0.15, -0.1) is 0 Å². The Bertz CT molecular complexity index is 954. The first-order valence-electron chi connectivity index (χ1n) is 7.24. The summed E-state index contributed by atoms with van der Waals surface area (Å²) in [5.74, 6) is -0.411. The number of halogens is 1. The number of hydrogen-bond donors (Lipinski definition) is 1. The first-order valence-corrected chi connectivity index (χ1v) is 8.03. The van der Waals surface area contributed by atoms with E-state index in [0.717, 1.165) is 15.7 Å². The lowest BCUT2D eigenvalue weighted by Crippen LogP contribution is -2.23. The number of nitriles is 1. The molecule has 0 unspecified atom stereocenters. The van der Waals surface area contributed by atoms with Gasteiger partial charge < -0.3 is 5.32 Å². The van der Waals surface area contributed by atoms with Crippen molar-refractivity contribution in [1.29, 1.82) is 5.26 Å². The van der Waals surface area contributed by atoms with Gasteiger partial charge >= 0.3 is 0 Å². The van der Waals surface area contributed by atoms with Crippen molar-refractivity contribution in [3.63, 3.8) is 0 Å². The zero-order valence-electron chi connectivity index (χ0n) is 12.6. The van der Waals surface area contributed by atoms with Crippen LogP contribution in [0, 0.1) is 11.3 Å². The Kier molecular flexibility index (Phi) is 4.73. The summed E-state index contributed by atoms with van der Waals surface area (Å²) in [4.78, 5) is 16.5. The highest BCUT2D eigenvalue weighted by Crippen LogP contribution is 2.15. The number of aromatic nitrogens is 2.